The van der Waals surface area contributed by atoms with Crippen LogP contribution in [0.5, 0.6) is 5.75 Å². The third kappa shape index (κ3) is 5.13. The van der Waals surface area contributed by atoms with Gasteiger partial charge in [-0.05, 0) is 87.2 Å². The van der Waals surface area contributed by atoms with Crippen molar-refractivity contribution in [1.82, 2.24) is 9.62 Å². The van der Waals surface area contributed by atoms with E-state index in [2.05, 4.69) is 14.4 Å². The van der Waals surface area contributed by atoms with E-state index in [1.54, 1.807) is 24.1 Å². The zero-order valence-corrected chi connectivity index (χ0v) is 16.3. The van der Waals surface area contributed by atoms with Gasteiger partial charge in [-0.2, -0.15) is 8.78 Å². The van der Waals surface area contributed by atoms with Crippen LogP contribution in [0.2, 0.25) is 0 Å². The number of benzene rings is 1. The van der Waals surface area contributed by atoms with Crippen LogP contribution < -0.4 is 10.1 Å². The molecule has 0 saturated carbocycles. The van der Waals surface area contributed by atoms with Crippen molar-refractivity contribution >= 4 is 11.9 Å². The van der Waals surface area contributed by atoms with E-state index >= 15 is 0 Å². The molecule has 27 heavy (non-hydrogen) atoms. The van der Waals surface area contributed by atoms with Crippen molar-refractivity contribution in [3.05, 3.63) is 24.3 Å². The summed E-state index contributed by atoms with van der Waals surface area (Å²) in [7, 11) is 0. The zero-order valence-electron chi connectivity index (χ0n) is 15.5. The molecular weight excluding hydrogens is 370 g/mol. The Kier molecular flexibility index (Phi) is 6.53. The predicted molar refractivity (Wildman–Crippen MR) is 102 cm³/mol. The number of hydrogen-bond acceptors (Lipinski definition) is 5. The van der Waals surface area contributed by atoms with Gasteiger partial charge in [0.05, 0.1) is 0 Å². The van der Waals surface area contributed by atoms with E-state index in [1.165, 1.54) is 38.5 Å². The van der Waals surface area contributed by atoms with Crippen LogP contribution in [0, 0.1) is 5.92 Å². The van der Waals surface area contributed by atoms with Gasteiger partial charge in [-0.25, -0.2) is 4.31 Å². The van der Waals surface area contributed by atoms with Crippen molar-refractivity contribution in [3.8, 4) is 5.75 Å². The molecule has 4 rings (SSSR count). The van der Waals surface area contributed by atoms with E-state index in [0.29, 0.717) is 18.1 Å². The third-order valence-corrected chi connectivity index (χ3v) is 7.25. The number of nitrogens with one attached hydrogen (secondary N) is 1. The molecule has 0 aromatic heterocycles. The van der Waals surface area contributed by atoms with Crippen LogP contribution in [0.3, 0.4) is 0 Å². The monoisotopic (exact) mass is 398 g/mol. The van der Waals surface area contributed by atoms with Crippen molar-refractivity contribution in [1.29, 1.82) is 0 Å². The Bertz CT molecular complexity index is 584. The lowest BCUT2D eigenvalue weighted by molar-refractivity contribution is -0.0498. The minimum atomic E-state index is -2.77. The number of nitrogens with zero attached hydrogens (tertiary/aromatic N) is 1. The van der Waals surface area contributed by atoms with Crippen molar-refractivity contribution in [2.24, 2.45) is 5.92 Å². The van der Waals surface area contributed by atoms with E-state index < -0.39 is 6.61 Å². The Hall–Kier alpha value is -0.890. The summed E-state index contributed by atoms with van der Waals surface area (Å²) in [5.41, 5.74) is 0. The summed E-state index contributed by atoms with van der Waals surface area (Å²) in [5.74, 6) is 0.978. The standard InChI is InChI=1S/C20H28F2N2O2S/c21-20(22)26-18-3-5-19(6-4-18)27-24-16-1-2-17(24)12-15(11-16)23-13-14-7-9-25-10-8-14/h3-6,14-17,20,23H,1-2,7-13H2/t15?,16-,17?/m1/s1. The zero-order chi connectivity index (χ0) is 18.6. The Morgan fingerprint density at radius 2 is 1.74 bits per heavy atom. The Morgan fingerprint density at radius 3 is 2.37 bits per heavy atom. The number of fused-ring (bicyclic) bond motifs is 2. The average Bonchev–Trinajstić information content (AvgIpc) is 2.90. The lowest BCUT2D eigenvalue weighted by Gasteiger charge is -2.39. The van der Waals surface area contributed by atoms with Crippen LogP contribution in [0.4, 0.5) is 8.78 Å². The first kappa shape index (κ1) is 19.4. The van der Waals surface area contributed by atoms with Crippen LogP contribution in [0.25, 0.3) is 0 Å². The largest absolute Gasteiger partial charge is 0.435 e. The van der Waals surface area contributed by atoms with Gasteiger partial charge in [-0.1, -0.05) is 0 Å². The number of hydrogen-bond donors (Lipinski definition) is 1. The fourth-order valence-corrected chi connectivity index (χ4v) is 5.72. The molecule has 1 N–H and O–H groups in total. The predicted octanol–water partition coefficient (Wildman–Crippen LogP) is 4.31. The fraction of sp³-hybridized carbons (Fsp3) is 0.700. The summed E-state index contributed by atoms with van der Waals surface area (Å²) >= 11 is 1.76. The van der Waals surface area contributed by atoms with Crippen molar-refractivity contribution in [3.63, 3.8) is 0 Å². The van der Waals surface area contributed by atoms with Gasteiger partial charge in [0.15, 0.2) is 0 Å². The highest BCUT2D eigenvalue weighted by Gasteiger charge is 2.41. The molecule has 0 radical (unpaired) electrons. The Morgan fingerprint density at radius 1 is 1.07 bits per heavy atom. The molecule has 2 bridgehead atoms. The van der Waals surface area contributed by atoms with Gasteiger partial charge in [0.2, 0.25) is 0 Å². The number of piperidine rings is 1. The van der Waals surface area contributed by atoms with Gasteiger partial charge in [0.1, 0.15) is 5.75 Å². The maximum Gasteiger partial charge on any atom is 0.387 e. The summed E-state index contributed by atoms with van der Waals surface area (Å²) < 4.78 is 37.0. The van der Waals surface area contributed by atoms with E-state index in [-0.39, 0.29) is 5.75 Å². The molecule has 150 valence electrons. The SMILES string of the molecule is FC(F)Oc1ccc(SN2C3CC[C@@H]2CC(NCC2CCOCC2)C3)cc1. The van der Waals surface area contributed by atoms with Gasteiger partial charge in [-0.3, -0.25) is 0 Å². The molecule has 1 aromatic rings. The Labute approximate surface area is 164 Å². The summed E-state index contributed by atoms with van der Waals surface area (Å²) in [6.07, 6.45) is 7.25. The molecule has 1 aromatic carbocycles. The van der Waals surface area contributed by atoms with Crippen LogP contribution in [0.15, 0.2) is 29.2 Å². The topological polar surface area (TPSA) is 33.7 Å². The van der Waals surface area contributed by atoms with Crippen molar-refractivity contribution in [2.45, 2.75) is 68.2 Å². The fourth-order valence-electron chi connectivity index (χ4n) is 4.54. The van der Waals surface area contributed by atoms with E-state index in [4.69, 9.17) is 4.74 Å². The van der Waals surface area contributed by atoms with Crippen LogP contribution >= 0.6 is 11.9 Å². The highest BCUT2D eigenvalue weighted by molar-refractivity contribution is 7.97. The molecule has 3 saturated heterocycles. The van der Waals surface area contributed by atoms with Gasteiger partial charge >= 0.3 is 6.61 Å². The molecule has 3 aliphatic heterocycles. The van der Waals surface area contributed by atoms with E-state index in [9.17, 15) is 8.78 Å². The lowest BCUT2D eigenvalue weighted by atomic mass is 9.96. The second-order valence-electron chi connectivity index (χ2n) is 7.82. The molecule has 3 heterocycles. The molecule has 4 nitrogen and oxygen atoms in total. The molecule has 0 aliphatic carbocycles. The van der Waals surface area contributed by atoms with Gasteiger partial charge < -0.3 is 14.8 Å². The smallest absolute Gasteiger partial charge is 0.387 e. The van der Waals surface area contributed by atoms with Gasteiger partial charge in [0, 0.05) is 36.2 Å². The molecule has 0 amide bonds. The summed E-state index contributed by atoms with van der Waals surface area (Å²) in [5, 5.41) is 3.82. The highest BCUT2D eigenvalue weighted by Crippen LogP contribution is 2.43. The van der Waals surface area contributed by atoms with Crippen LogP contribution in [0.1, 0.15) is 38.5 Å². The molecule has 2 unspecified atom stereocenters. The number of ether oxygens (including phenoxy) is 2. The first-order valence-electron chi connectivity index (χ1n) is 9.99. The summed E-state index contributed by atoms with van der Waals surface area (Å²) in [6, 6.07) is 8.80. The average molecular weight is 399 g/mol. The molecule has 3 atom stereocenters. The first-order chi connectivity index (χ1) is 13.2. The number of rotatable bonds is 7. The van der Waals surface area contributed by atoms with Crippen LogP contribution in [-0.2, 0) is 4.74 Å². The molecule has 7 heteroatoms. The first-order valence-corrected chi connectivity index (χ1v) is 10.8. The minimum Gasteiger partial charge on any atom is -0.435 e. The molecule has 3 fully saturated rings. The summed E-state index contributed by atoms with van der Waals surface area (Å²) in [6.45, 7) is 0.167. The second-order valence-corrected chi connectivity index (χ2v) is 8.89. The van der Waals surface area contributed by atoms with E-state index in [0.717, 1.165) is 30.6 Å². The molecular formula is C20H28F2N2O2S. The second kappa shape index (κ2) is 9.07. The maximum atomic E-state index is 12.3. The molecule has 3 aliphatic rings. The third-order valence-electron chi connectivity index (χ3n) is 5.96. The Balaban J connectivity index is 1.27. The maximum absolute atomic E-state index is 12.3. The molecule has 0 spiro atoms. The number of halogens is 2. The van der Waals surface area contributed by atoms with Crippen molar-refractivity contribution in [2.75, 3.05) is 19.8 Å². The minimum absolute atomic E-state index is 0.216. The normalized spacial score (nSPS) is 29.4. The van der Waals surface area contributed by atoms with E-state index in [1.807, 2.05) is 12.1 Å². The lowest BCUT2D eigenvalue weighted by Crippen LogP contribution is -2.47. The van der Waals surface area contributed by atoms with Crippen LogP contribution in [-0.4, -0.2) is 48.8 Å². The summed E-state index contributed by atoms with van der Waals surface area (Å²) in [4.78, 5) is 1.09. The quantitative estimate of drug-likeness (QED) is 0.693. The number of alkyl halides is 2. The van der Waals surface area contributed by atoms with Gasteiger partial charge in [-0.15, -0.1) is 0 Å². The highest BCUT2D eigenvalue weighted by atomic mass is 32.2. The van der Waals surface area contributed by atoms with Crippen molar-refractivity contribution < 1.29 is 18.3 Å². The van der Waals surface area contributed by atoms with Gasteiger partial charge in [0.25, 0.3) is 0 Å².